The van der Waals surface area contributed by atoms with Gasteiger partial charge in [-0.15, -0.1) is 0 Å². The summed E-state index contributed by atoms with van der Waals surface area (Å²) in [4.78, 5) is 0. The molecule has 0 radical (unpaired) electrons. The van der Waals surface area contributed by atoms with Gasteiger partial charge < -0.3 is 10.5 Å². The molecule has 0 saturated carbocycles. The molecule has 2 aromatic carbocycles. The quantitative estimate of drug-likeness (QED) is 0.870. The molecule has 0 unspecified atom stereocenters. The summed E-state index contributed by atoms with van der Waals surface area (Å²) >= 11 is 0. The Morgan fingerprint density at radius 1 is 1.05 bits per heavy atom. The molecular weight excluding hydrogens is 279 g/mol. The Kier molecular flexibility index (Phi) is 4.53. The summed E-state index contributed by atoms with van der Waals surface area (Å²) in [7, 11) is 0. The maximum absolute atomic E-state index is 12.9. The minimum absolute atomic E-state index is 0.0819. The van der Waals surface area contributed by atoms with Gasteiger partial charge >= 0.3 is 6.18 Å². The van der Waals surface area contributed by atoms with Crippen LogP contribution in [0.15, 0.2) is 48.5 Å². The van der Waals surface area contributed by atoms with Crippen molar-refractivity contribution in [3.63, 3.8) is 0 Å². The van der Waals surface area contributed by atoms with Gasteiger partial charge in [-0.25, -0.2) is 0 Å². The van der Waals surface area contributed by atoms with Crippen molar-refractivity contribution in [2.24, 2.45) is 5.73 Å². The van der Waals surface area contributed by atoms with E-state index >= 15 is 0 Å². The molecule has 112 valence electrons. The highest BCUT2D eigenvalue weighted by Gasteiger charge is 2.34. The molecule has 0 aromatic heterocycles. The van der Waals surface area contributed by atoms with E-state index in [1.165, 1.54) is 18.2 Å². The third-order valence-corrected chi connectivity index (χ3v) is 3.17. The molecule has 0 heterocycles. The predicted molar refractivity (Wildman–Crippen MR) is 75.2 cm³/mol. The van der Waals surface area contributed by atoms with Crippen LogP contribution in [-0.4, -0.2) is 0 Å². The molecular formula is C16H16F3NO. The summed E-state index contributed by atoms with van der Waals surface area (Å²) in [5.41, 5.74) is 6.02. The first-order chi connectivity index (χ1) is 9.91. The minimum atomic E-state index is -4.44. The average Bonchev–Trinajstić information content (AvgIpc) is 2.47. The van der Waals surface area contributed by atoms with E-state index in [1.807, 2.05) is 6.92 Å². The van der Waals surface area contributed by atoms with Crippen LogP contribution in [0.5, 0.6) is 11.5 Å². The first-order valence-electron chi connectivity index (χ1n) is 6.61. The highest BCUT2D eigenvalue weighted by molar-refractivity contribution is 5.40. The lowest BCUT2D eigenvalue weighted by molar-refractivity contribution is -0.138. The first kappa shape index (κ1) is 15.4. The molecule has 1 atom stereocenters. The van der Waals surface area contributed by atoms with Crippen LogP contribution < -0.4 is 10.5 Å². The van der Waals surface area contributed by atoms with Crippen molar-refractivity contribution in [2.75, 3.05) is 0 Å². The van der Waals surface area contributed by atoms with E-state index in [-0.39, 0.29) is 11.8 Å². The molecule has 0 bridgehead atoms. The number of hydrogen-bond acceptors (Lipinski definition) is 2. The van der Waals surface area contributed by atoms with Gasteiger partial charge in [-0.1, -0.05) is 31.2 Å². The fourth-order valence-corrected chi connectivity index (χ4v) is 1.94. The van der Waals surface area contributed by atoms with Crippen LogP contribution in [0, 0.1) is 0 Å². The summed E-state index contributed by atoms with van der Waals surface area (Å²) in [6.45, 7) is 1.97. The van der Waals surface area contributed by atoms with Crippen LogP contribution in [-0.2, 0) is 6.18 Å². The lowest BCUT2D eigenvalue weighted by Crippen LogP contribution is -2.08. The Morgan fingerprint density at radius 3 is 2.24 bits per heavy atom. The Hall–Kier alpha value is -2.01. The van der Waals surface area contributed by atoms with Gasteiger partial charge in [-0.2, -0.15) is 13.2 Å². The van der Waals surface area contributed by atoms with Gasteiger partial charge in [0, 0.05) is 6.04 Å². The fourth-order valence-electron chi connectivity index (χ4n) is 1.94. The normalized spacial score (nSPS) is 13.0. The third-order valence-electron chi connectivity index (χ3n) is 3.17. The summed E-state index contributed by atoms with van der Waals surface area (Å²) in [5.74, 6) is 0.135. The maximum Gasteiger partial charge on any atom is 0.419 e. The van der Waals surface area contributed by atoms with Crippen LogP contribution in [0.4, 0.5) is 13.2 Å². The largest absolute Gasteiger partial charge is 0.457 e. The van der Waals surface area contributed by atoms with E-state index in [0.29, 0.717) is 5.75 Å². The average molecular weight is 295 g/mol. The van der Waals surface area contributed by atoms with Crippen LogP contribution in [0.25, 0.3) is 0 Å². The maximum atomic E-state index is 12.9. The molecule has 0 saturated heterocycles. The van der Waals surface area contributed by atoms with Gasteiger partial charge in [-0.05, 0) is 36.2 Å². The van der Waals surface area contributed by atoms with Gasteiger partial charge in [0.15, 0.2) is 0 Å². The highest BCUT2D eigenvalue weighted by Crippen LogP contribution is 2.37. The van der Waals surface area contributed by atoms with E-state index in [2.05, 4.69) is 0 Å². The number of nitrogens with two attached hydrogens (primary N) is 1. The zero-order chi connectivity index (χ0) is 15.5. The SMILES string of the molecule is CC[C@H](N)c1ccc(Oc2ccccc2C(F)(F)F)cc1. The Labute approximate surface area is 121 Å². The number of para-hydroxylation sites is 1. The highest BCUT2D eigenvalue weighted by atomic mass is 19.4. The summed E-state index contributed by atoms with van der Waals surface area (Å²) in [6, 6.07) is 11.8. The van der Waals surface area contributed by atoms with Gasteiger partial charge in [0.1, 0.15) is 11.5 Å². The molecule has 0 spiro atoms. The molecule has 2 N–H and O–H groups in total. The van der Waals surface area contributed by atoms with Gasteiger partial charge in [0.05, 0.1) is 5.56 Å². The zero-order valence-electron chi connectivity index (χ0n) is 11.5. The smallest absolute Gasteiger partial charge is 0.419 e. The van der Waals surface area contributed by atoms with Crippen LogP contribution in [0.1, 0.15) is 30.5 Å². The molecule has 0 fully saturated rings. The van der Waals surface area contributed by atoms with Crippen molar-refractivity contribution in [2.45, 2.75) is 25.6 Å². The standard InChI is InChI=1S/C16H16F3NO/c1-2-14(20)11-7-9-12(10-8-11)21-15-6-4-3-5-13(15)16(17,18)19/h3-10,14H,2,20H2,1H3/t14-/m0/s1. The van der Waals surface area contributed by atoms with Gasteiger partial charge in [-0.3, -0.25) is 0 Å². The fraction of sp³-hybridized carbons (Fsp3) is 0.250. The first-order valence-corrected chi connectivity index (χ1v) is 6.61. The Morgan fingerprint density at radius 2 is 1.67 bits per heavy atom. The molecule has 0 aliphatic rings. The van der Waals surface area contributed by atoms with Crippen molar-refractivity contribution < 1.29 is 17.9 Å². The molecule has 0 amide bonds. The molecule has 2 nitrogen and oxygen atoms in total. The van der Waals surface area contributed by atoms with Crippen molar-refractivity contribution in [1.82, 2.24) is 0 Å². The number of ether oxygens (including phenoxy) is 1. The second-order valence-corrected chi connectivity index (χ2v) is 4.68. The Bertz CT molecular complexity index is 593. The third kappa shape index (κ3) is 3.76. The summed E-state index contributed by atoms with van der Waals surface area (Å²) in [5, 5.41) is 0. The second-order valence-electron chi connectivity index (χ2n) is 4.68. The van der Waals surface area contributed by atoms with Crippen molar-refractivity contribution in [3.8, 4) is 11.5 Å². The molecule has 2 aromatic rings. The van der Waals surface area contributed by atoms with Crippen molar-refractivity contribution in [3.05, 3.63) is 59.7 Å². The van der Waals surface area contributed by atoms with Crippen molar-refractivity contribution >= 4 is 0 Å². The number of alkyl halides is 3. The van der Waals surface area contributed by atoms with E-state index < -0.39 is 11.7 Å². The zero-order valence-corrected chi connectivity index (χ0v) is 11.5. The lowest BCUT2D eigenvalue weighted by Gasteiger charge is -2.14. The summed E-state index contributed by atoms with van der Waals surface area (Å²) < 4.78 is 44.0. The van der Waals surface area contributed by atoms with Crippen LogP contribution in [0.3, 0.4) is 0 Å². The van der Waals surface area contributed by atoms with Crippen molar-refractivity contribution in [1.29, 1.82) is 0 Å². The van der Waals surface area contributed by atoms with Crippen LogP contribution in [0.2, 0.25) is 0 Å². The monoisotopic (exact) mass is 295 g/mol. The molecule has 21 heavy (non-hydrogen) atoms. The molecule has 0 aliphatic carbocycles. The van der Waals surface area contributed by atoms with E-state index in [0.717, 1.165) is 18.1 Å². The topological polar surface area (TPSA) is 35.2 Å². The molecule has 0 aliphatic heterocycles. The second kappa shape index (κ2) is 6.18. The number of halogens is 3. The predicted octanol–water partition coefficient (Wildman–Crippen LogP) is 4.91. The van der Waals surface area contributed by atoms with Gasteiger partial charge in [0.2, 0.25) is 0 Å². The lowest BCUT2D eigenvalue weighted by atomic mass is 10.1. The number of hydrogen-bond donors (Lipinski definition) is 1. The Balaban J connectivity index is 2.23. The van der Waals surface area contributed by atoms with Gasteiger partial charge in [0.25, 0.3) is 0 Å². The molecule has 2 rings (SSSR count). The molecule has 5 heteroatoms. The van der Waals surface area contributed by atoms with E-state index in [4.69, 9.17) is 10.5 Å². The number of rotatable bonds is 4. The van der Waals surface area contributed by atoms with E-state index in [1.54, 1.807) is 24.3 Å². The minimum Gasteiger partial charge on any atom is -0.457 e. The van der Waals surface area contributed by atoms with Crippen LogP contribution >= 0.6 is 0 Å². The van der Waals surface area contributed by atoms with E-state index in [9.17, 15) is 13.2 Å². The summed E-state index contributed by atoms with van der Waals surface area (Å²) in [6.07, 6.45) is -3.65. The number of benzene rings is 2.